The van der Waals surface area contributed by atoms with Gasteiger partial charge in [0.25, 0.3) is 5.91 Å². The molecule has 1 aromatic heterocycles. The minimum Gasteiger partial charge on any atom is -0.465 e. The van der Waals surface area contributed by atoms with Crippen LogP contribution < -0.4 is 10.2 Å². The van der Waals surface area contributed by atoms with Crippen LogP contribution >= 0.6 is 11.6 Å². The van der Waals surface area contributed by atoms with Gasteiger partial charge in [0.1, 0.15) is 5.82 Å². The summed E-state index contributed by atoms with van der Waals surface area (Å²) in [6, 6.07) is 14.0. The van der Waals surface area contributed by atoms with E-state index in [-0.39, 0.29) is 24.2 Å². The number of benzene rings is 2. The number of carboxylic acid groups (broad SMARTS) is 1. The quantitative estimate of drug-likeness (QED) is 0.352. The number of nitrogens with zero attached hydrogens (tertiary/aromatic N) is 5. The SMILES string of the molecule is CCN(CC)CCN(C)C(=O)c1cccc(Nc2nccc(N(Cc3cc(Cl)ccc3C)C(=O)O)n2)c1. The molecule has 0 radical (unpaired) electrons. The standard InChI is InChI=1S/C27H33ClN6O3/c1-5-33(6-2)15-14-32(4)25(35)20-8-7-9-23(17-20)30-26-29-13-12-24(31-26)34(27(36)37)18-21-16-22(28)11-10-19(21)3/h7-13,16-17H,5-6,14-15,18H2,1-4H3,(H,36,37)(H,29,30,31). The first-order valence-electron chi connectivity index (χ1n) is 12.1. The molecule has 2 aromatic carbocycles. The molecule has 2 amide bonds. The minimum atomic E-state index is -1.15. The number of hydrogen-bond acceptors (Lipinski definition) is 6. The van der Waals surface area contributed by atoms with E-state index in [9.17, 15) is 14.7 Å². The van der Waals surface area contributed by atoms with Gasteiger partial charge in [-0.1, -0.05) is 37.6 Å². The summed E-state index contributed by atoms with van der Waals surface area (Å²) in [6.07, 6.45) is 0.339. The molecule has 1 heterocycles. The van der Waals surface area contributed by atoms with Gasteiger partial charge in [0, 0.05) is 42.6 Å². The van der Waals surface area contributed by atoms with Crippen LogP contribution in [0.25, 0.3) is 0 Å². The predicted molar refractivity (Wildman–Crippen MR) is 147 cm³/mol. The maximum atomic E-state index is 12.9. The van der Waals surface area contributed by atoms with Crippen LogP contribution in [-0.4, -0.2) is 70.1 Å². The Balaban J connectivity index is 1.75. The van der Waals surface area contributed by atoms with Gasteiger partial charge < -0.3 is 20.2 Å². The van der Waals surface area contributed by atoms with Gasteiger partial charge in [0.2, 0.25) is 5.95 Å². The molecular weight excluding hydrogens is 492 g/mol. The zero-order valence-electron chi connectivity index (χ0n) is 21.6. The lowest BCUT2D eigenvalue weighted by molar-refractivity contribution is 0.0780. The van der Waals surface area contributed by atoms with Gasteiger partial charge in [0.15, 0.2) is 0 Å². The number of carbonyl (C=O) groups is 2. The molecule has 3 rings (SSSR count). The molecule has 0 fully saturated rings. The number of aromatic nitrogens is 2. The average molecular weight is 525 g/mol. The molecule has 2 N–H and O–H groups in total. The van der Waals surface area contributed by atoms with Gasteiger partial charge in [-0.15, -0.1) is 0 Å². The number of aryl methyl sites for hydroxylation is 1. The van der Waals surface area contributed by atoms with Crippen LogP contribution in [0.1, 0.15) is 35.3 Å². The molecule has 0 aliphatic heterocycles. The molecule has 0 aliphatic rings. The molecule has 10 heteroatoms. The molecule has 0 aliphatic carbocycles. The van der Waals surface area contributed by atoms with E-state index < -0.39 is 6.09 Å². The number of likely N-dealkylation sites (N-methyl/N-ethyl adjacent to an activating group) is 2. The largest absolute Gasteiger partial charge is 0.465 e. The van der Waals surface area contributed by atoms with Crippen molar-refractivity contribution in [2.24, 2.45) is 0 Å². The fourth-order valence-electron chi connectivity index (χ4n) is 3.80. The van der Waals surface area contributed by atoms with Crippen molar-refractivity contribution in [1.82, 2.24) is 19.8 Å². The highest BCUT2D eigenvalue weighted by Crippen LogP contribution is 2.22. The van der Waals surface area contributed by atoms with Crippen molar-refractivity contribution in [2.45, 2.75) is 27.3 Å². The molecule has 196 valence electrons. The molecule has 0 spiro atoms. The van der Waals surface area contributed by atoms with Gasteiger partial charge in [-0.3, -0.25) is 9.69 Å². The molecule has 0 atom stereocenters. The van der Waals surface area contributed by atoms with E-state index in [4.69, 9.17) is 11.6 Å². The molecule has 0 saturated carbocycles. The Morgan fingerprint density at radius 3 is 2.51 bits per heavy atom. The topological polar surface area (TPSA) is 102 Å². The second-order valence-corrected chi connectivity index (χ2v) is 9.07. The highest BCUT2D eigenvalue weighted by Gasteiger charge is 2.19. The van der Waals surface area contributed by atoms with Gasteiger partial charge in [-0.05, 0) is 67.5 Å². The van der Waals surface area contributed by atoms with Crippen LogP contribution in [0.15, 0.2) is 54.7 Å². The Kier molecular flexibility index (Phi) is 9.82. The van der Waals surface area contributed by atoms with E-state index in [1.54, 1.807) is 48.3 Å². The summed E-state index contributed by atoms with van der Waals surface area (Å²) in [5.41, 5.74) is 2.85. The van der Waals surface area contributed by atoms with Gasteiger partial charge in [-0.2, -0.15) is 4.98 Å². The van der Waals surface area contributed by atoms with E-state index in [0.717, 1.165) is 35.7 Å². The first-order valence-corrected chi connectivity index (χ1v) is 12.5. The molecular formula is C27H33ClN6O3. The highest BCUT2D eigenvalue weighted by molar-refractivity contribution is 6.30. The predicted octanol–water partition coefficient (Wildman–Crippen LogP) is 5.28. The minimum absolute atomic E-state index is 0.0839. The summed E-state index contributed by atoms with van der Waals surface area (Å²) < 4.78 is 0. The second-order valence-electron chi connectivity index (χ2n) is 8.64. The Morgan fingerprint density at radius 2 is 1.81 bits per heavy atom. The van der Waals surface area contributed by atoms with Crippen LogP contribution in [0.3, 0.4) is 0 Å². The summed E-state index contributed by atoms with van der Waals surface area (Å²) in [4.78, 5) is 38.7. The van der Waals surface area contributed by atoms with Gasteiger partial charge in [-0.25, -0.2) is 9.78 Å². The Bertz CT molecular complexity index is 1230. The van der Waals surface area contributed by atoms with Crippen molar-refractivity contribution in [3.63, 3.8) is 0 Å². The second kappa shape index (κ2) is 13.0. The summed E-state index contributed by atoms with van der Waals surface area (Å²) in [5.74, 6) is 0.346. The molecule has 0 saturated heterocycles. The van der Waals surface area contributed by atoms with E-state index in [0.29, 0.717) is 22.8 Å². The Labute approximate surface area is 222 Å². The first kappa shape index (κ1) is 27.9. The van der Waals surface area contributed by atoms with Gasteiger partial charge in [0.05, 0.1) is 6.54 Å². The smallest absolute Gasteiger partial charge is 0.413 e. The van der Waals surface area contributed by atoms with Crippen molar-refractivity contribution in [3.05, 3.63) is 76.4 Å². The number of amides is 2. The number of hydrogen-bond donors (Lipinski definition) is 2. The zero-order chi connectivity index (χ0) is 26.9. The van der Waals surface area contributed by atoms with Crippen LogP contribution in [0.5, 0.6) is 0 Å². The van der Waals surface area contributed by atoms with Crippen LogP contribution in [0, 0.1) is 6.92 Å². The highest BCUT2D eigenvalue weighted by atomic mass is 35.5. The first-order chi connectivity index (χ1) is 17.7. The maximum absolute atomic E-state index is 12.9. The molecule has 9 nitrogen and oxygen atoms in total. The Morgan fingerprint density at radius 1 is 1.05 bits per heavy atom. The monoisotopic (exact) mass is 524 g/mol. The van der Waals surface area contributed by atoms with Gasteiger partial charge >= 0.3 is 6.09 Å². The maximum Gasteiger partial charge on any atom is 0.413 e. The van der Waals surface area contributed by atoms with E-state index >= 15 is 0 Å². The number of halogens is 1. The van der Waals surface area contributed by atoms with Crippen LogP contribution in [-0.2, 0) is 6.54 Å². The van der Waals surface area contributed by atoms with Crippen molar-refractivity contribution in [2.75, 3.05) is 43.4 Å². The number of anilines is 3. The lowest BCUT2D eigenvalue weighted by Gasteiger charge is -2.23. The van der Waals surface area contributed by atoms with Crippen LogP contribution in [0.2, 0.25) is 5.02 Å². The summed E-state index contributed by atoms with van der Waals surface area (Å²) in [6.45, 7) is 9.50. The summed E-state index contributed by atoms with van der Waals surface area (Å²) in [7, 11) is 1.79. The average Bonchev–Trinajstić information content (AvgIpc) is 2.89. The number of nitrogens with one attached hydrogen (secondary N) is 1. The summed E-state index contributed by atoms with van der Waals surface area (Å²) in [5, 5.41) is 13.5. The molecule has 0 bridgehead atoms. The van der Waals surface area contributed by atoms with Crippen molar-refractivity contribution in [1.29, 1.82) is 0 Å². The van der Waals surface area contributed by atoms with Crippen molar-refractivity contribution >= 4 is 41.1 Å². The lowest BCUT2D eigenvalue weighted by atomic mass is 10.1. The lowest BCUT2D eigenvalue weighted by Crippen LogP contribution is -2.36. The van der Waals surface area contributed by atoms with Crippen molar-refractivity contribution < 1.29 is 14.7 Å². The Hall–Kier alpha value is -3.69. The van der Waals surface area contributed by atoms with E-state index in [2.05, 4.69) is 34.0 Å². The third-order valence-electron chi connectivity index (χ3n) is 6.15. The molecule has 0 unspecified atom stereocenters. The third kappa shape index (κ3) is 7.65. The molecule has 3 aromatic rings. The van der Waals surface area contributed by atoms with E-state index in [1.165, 1.54) is 12.3 Å². The van der Waals surface area contributed by atoms with Crippen LogP contribution in [0.4, 0.5) is 22.2 Å². The summed E-state index contributed by atoms with van der Waals surface area (Å²) >= 11 is 6.11. The zero-order valence-corrected chi connectivity index (χ0v) is 22.4. The fraction of sp³-hybridized carbons (Fsp3) is 0.333. The normalized spacial score (nSPS) is 10.9. The number of rotatable bonds is 11. The fourth-order valence-corrected chi connectivity index (χ4v) is 3.99. The third-order valence-corrected chi connectivity index (χ3v) is 6.38. The van der Waals surface area contributed by atoms with E-state index in [1.807, 2.05) is 13.0 Å². The van der Waals surface area contributed by atoms with Crippen molar-refractivity contribution in [3.8, 4) is 0 Å². The molecule has 37 heavy (non-hydrogen) atoms. The number of carbonyl (C=O) groups excluding carboxylic acids is 1.